The third-order valence-corrected chi connectivity index (χ3v) is 3.93. The first kappa shape index (κ1) is 17.4. The van der Waals surface area contributed by atoms with Crippen LogP contribution in [0, 0.1) is 0 Å². The molecule has 1 fully saturated rings. The Labute approximate surface area is 141 Å². The second-order valence-corrected chi connectivity index (χ2v) is 5.73. The summed E-state index contributed by atoms with van der Waals surface area (Å²) >= 11 is 0. The highest BCUT2D eigenvalue weighted by Gasteiger charge is 2.45. The average molecular weight is 337 g/mol. The van der Waals surface area contributed by atoms with E-state index < -0.39 is 5.54 Å². The molecule has 0 aliphatic heterocycles. The number of carbonyl (C=O) groups excluding carboxylic acids is 1. The number of nitrogens with one attached hydrogen (secondary N) is 1. The second kappa shape index (κ2) is 7.10. The Kier molecular flexibility index (Phi) is 5.38. The van der Waals surface area contributed by atoms with Crippen LogP contribution in [0.25, 0.3) is 11.5 Å². The minimum atomic E-state index is -0.598. The van der Waals surface area contributed by atoms with Crippen LogP contribution < -0.4 is 11.1 Å². The minimum absolute atomic E-state index is 0. The van der Waals surface area contributed by atoms with Gasteiger partial charge in [-0.2, -0.15) is 4.98 Å². The molecule has 0 bridgehead atoms. The molecule has 1 heterocycles. The summed E-state index contributed by atoms with van der Waals surface area (Å²) < 4.78 is 5.21. The van der Waals surface area contributed by atoms with E-state index in [2.05, 4.69) is 15.5 Å². The number of benzene rings is 1. The SMILES string of the molecule is CCc1noc(-c2ccc(CCNC(=O)C3(N)CC3)cc2)n1.Cl. The molecule has 0 radical (unpaired) electrons. The number of hydrogen-bond donors (Lipinski definition) is 2. The smallest absolute Gasteiger partial charge is 0.257 e. The van der Waals surface area contributed by atoms with Gasteiger partial charge in [0.25, 0.3) is 5.89 Å². The van der Waals surface area contributed by atoms with E-state index in [1.54, 1.807) is 0 Å². The van der Waals surface area contributed by atoms with Crippen molar-refractivity contribution in [2.45, 2.75) is 38.1 Å². The van der Waals surface area contributed by atoms with Crippen LogP contribution in [0.3, 0.4) is 0 Å². The molecule has 0 saturated heterocycles. The molecule has 3 N–H and O–H groups in total. The lowest BCUT2D eigenvalue weighted by atomic mass is 10.1. The van der Waals surface area contributed by atoms with Crippen molar-refractivity contribution in [1.29, 1.82) is 0 Å². The van der Waals surface area contributed by atoms with E-state index in [9.17, 15) is 4.79 Å². The zero-order valence-electron chi connectivity index (χ0n) is 13.0. The van der Waals surface area contributed by atoms with Gasteiger partial charge in [0.1, 0.15) is 0 Å². The third kappa shape index (κ3) is 4.09. The summed E-state index contributed by atoms with van der Waals surface area (Å²) in [6, 6.07) is 7.92. The zero-order chi connectivity index (χ0) is 15.6. The number of nitrogens with zero attached hydrogens (tertiary/aromatic N) is 2. The Bertz CT molecular complexity index is 665. The lowest BCUT2D eigenvalue weighted by Gasteiger charge is -2.09. The van der Waals surface area contributed by atoms with Gasteiger partial charge in [0.2, 0.25) is 5.91 Å². The molecule has 7 heteroatoms. The number of rotatable bonds is 6. The van der Waals surface area contributed by atoms with Crippen LogP contribution in [0.5, 0.6) is 0 Å². The summed E-state index contributed by atoms with van der Waals surface area (Å²) in [4.78, 5) is 16.0. The van der Waals surface area contributed by atoms with Crippen LogP contribution in [-0.2, 0) is 17.6 Å². The molecule has 2 aromatic rings. The van der Waals surface area contributed by atoms with E-state index in [-0.39, 0.29) is 18.3 Å². The van der Waals surface area contributed by atoms with E-state index in [1.165, 1.54) is 0 Å². The predicted octanol–water partition coefficient (Wildman–Crippen LogP) is 1.87. The van der Waals surface area contributed by atoms with Gasteiger partial charge in [-0.1, -0.05) is 24.2 Å². The monoisotopic (exact) mass is 336 g/mol. The number of nitrogens with two attached hydrogens (primary N) is 1. The van der Waals surface area contributed by atoms with Crippen molar-refractivity contribution in [2.75, 3.05) is 6.54 Å². The number of hydrogen-bond acceptors (Lipinski definition) is 5. The van der Waals surface area contributed by atoms with E-state index in [4.69, 9.17) is 10.3 Å². The molecule has 1 amide bonds. The largest absolute Gasteiger partial charge is 0.354 e. The van der Waals surface area contributed by atoms with Crippen LogP contribution in [-0.4, -0.2) is 28.1 Å². The van der Waals surface area contributed by atoms with Gasteiger partial charge < -0.3 is 15.6 Å². The Morgan fingerprint density at radius 1 is 1.35 bits per heavy atom. The quantitative estimate of drug-likeness (QED) is 0.839. The van der Waals surface area contributed by atoms with E-state index in [0.717, 1.165) is 36.8 Å². The maximum absolute atomic E-state index is 11.7. The zero-order valence-corrected chi connectivity index (χ0v) is 13.9. The number of aromatic nitrogens is 2. The highest BCUT2D eigenvalue weighted by molar-refractivity contribution is 5.88. The Morgan fingerprint density at radius 3 is 2.61 bits per heavy atom. The molecular weight excluding hydrogens is 316 g/mol. The molecule has 1 aromatic heterocycles. The topological polar surface area (TPSA) is 94.0 Å². The normalized spacial score (nSPS) is 14.9. The summed E-state index contributed by atoms with van der Waals surface area (Å²) in [7, 11) is 0. The molecule has 3 rings (SSSR count). The first-order valence-electron chi connectivity index (χ1n) is 7.60. The molecule has 0 spiro atoms. The van der Waals surface area contributed by atoms with Gasteiger partial charge in [0.05, 0.1) is 5.54 Å². The summed E-state index contributed by atoms with van der Waals surface area (Å²) in [6.45, 7) is 2.58. The molecule has 23 heavy (non-hydrogen) atoms. The average Bonchev–Trinajstić information content (AvgIpc) is 3.12. The van der Waals surface area contributed by atoms with Crippen molar-refractivity contribution in [2.24, 2.45) is 5.73 Å². The van der Waals surface area contributed by atoms with Crippen molar-refractivity contribution in [3.8, 4) is 11.5 Å². The standard InChI is InChI=1S/C16H20N4O2.ClH/c1-2-13-19-14(22-20-13)12-5-3-11(4-6-12)7-10-18-15(21)16(17)8-9-16;/h3-6H,2,7-10,17H2,1H3,(H,18,21);1H. The van der Waals surface area contributed by atoms with Gasteiger partial charge >= 0.3 is 0 Å². The van der Waals surface area contributed by atoms with Crippen LogP contribution in [0.15, 0.2) is 28.8 Å². The molecule has 0 atom stereocenters. The van der Waals surface area contributed by atoms with Crippen LogP contribution >= 0.6 is 12.4 Å². The number of amides is 1. The Balaban J connectivity index is 0.00000192. The fourth-order valence-corrected chi connectivity index (χ4v) is 2.19. The molecule has 1 aliphatic rings. The van der Waals surface area contributed by atoms with E-state index in [0.29, 0.717) is 18.3 Å². The summed E-state index contributed by atoms with van der Waals surface area (Å²) in [5.74, 6) is 1.20. The molecular formula is C16H21ClN4O2. The van der Waals surface area contributed by atoms with E-state index in [1.807, 2.05) is 31.2 Å². The van der Waals surface area contributed by atoms with Gasteiger partial charge in [-0.3, -0.25) is 4.79 Å². The van der Waals surface area contributed by atoms with Crippen LogP contribution in [0.2, 0.25) is 0 Å². The highest BCUT2D eigenvalue weighted by atomic mass is 35.5. The molecule has 1 aromatic carbocycles. The van der Waals surface area contributed by atoms with Gasteiger partial charge in [-0.05, 0) is 37.0 Å². The maximum Gasteiger partial charge on any atom is 0.257 e. The van der Waals surface area contributed by atoms with Crippen molar-refractivity contribution in [3.05, 3.63) is 35.7 Å². The van der Waals surface area contributed by atoms with Crippen LogP contribution in [0.1, 0.15) is 31.2 Å². The van der Waals surface area contributed by atoms with Gasteiger partial charge in [-0.25, -0.2) is 0 Å². The lowest BCUT2D eigenvalue weighted by Crippen LogP contribution is -2.43. The first-order chi connectivity index (χ1) is 10.6. The summed E-state index contributed by atoms with van der Waals surface area (Å²) in [5.41, 5.74) is 7.28. The fourth-order valence-electron chi connectivity index (χ4n) is 2.19. The van der Waals surface area contributed by atoms with E-state index >= 15 is 0 Å². The molecule has 124 valence electrons. The predicted molar refractivity (Wildman–Crippen MR) is 89.2 cm³/mol. The van der Waals surface area contributed by atoms with Crippen molar-refractivity contribution in [3.63, 3.8) is 0 Å². The third-order valence-electron chi connectivity index (χ3n) is 3.93. The van der Waals surface area contributed by atoms with Crippen LogP contribution in [0.4, 0.5) is 0 Å². The van der Waals surface area contributed by atoms with Gasteiger partial charge in [-0.15, -0.1) is 12.4 Å². The Hall–Kier alpha value is -1.92. The summed E-state index contributed by atoms with van der Waals surface area (Å²) in [6.07, 6.45) is 3.10. The minimum Gasteiger partial charge on any atom is -0.354 e. The highest BCUT2D eigenvalue weighted by Crippen LogP contribution is 2.32. The molecule has 6 nitrogen and oxygen atoms in total. The molecule has 1 aliphatic carbocycles. The first-order valence-corrected chi connectivity index (χ1v) is 7.60. The van der Waals surface area contributed by atoms with Crippen molar-refractivity contribution < 1.29 is 9.32 Å². The van der Waals surface area contributed by atoms with Crippen molar-refractivity contribution in [1.82, 2.24) is 15.5 Å². The Morgan fingerprint density at radius 2 is 2.04 bits per heavy atom. The van der Waals surface area contributed by atoms with Gasteiger partial charge in [0, 0.05) is 18.5 Å². The van der Waals surface area contributed by atoms with Gasteiger partial charge in [0.15, 0.2) is 5.82 Å². The molecule has 1 saturated carbocycles. The number of aryl methyl sites for hydroxylation is 1. The number of halogens is 1. The van der Waals surface area contributed by atoms with Crippen molar-refractivity contribution >= 4 is 18.3 Å². The second-order valence-electron chi connectivity index (χ2n) is 5.73. The molecule has 0 unspecified atom stereocenters. The fraction of sp³-hybridized carbons (Fsp3) is 0.438. The lowest BCUT2D eigenvalue weighted by molar-refractivity contribution is -0.123. The number of carbonyl (C=O) groups is 1. The maximum atomic E-state index is 11.7. The summed E-state index contributed by atoms with van der Waals surface area (Å²) in [5, 5.41) is 6.77.